The fourth-order valence-corrected chi connectivity index (χ4v) is 4.22. The van der Waals surface area contributed by atoms with Gasteiger partial charge < -0.3 is 21.0 Å². The minimum atomic E-state index is -4.92. The number of β-lactam (4-membered cyclic amide) rings is 1. The number of carbonyl (C=O) groups excluding carboxylic acids is 2. The molecule has 0 aromatic carbocycles. The van der Waals surface area contributed by atoms with Crippen LogP contribution in [0.1, 0.15) is 31.7 Å². The number of oxime groups is 1. The smallest absolute Gasteiger partial charge is 0.418 e. The van der Waals surface area contributed by atoms with Gasteiger partial charge in [-0.2, -0.15) is 13.5 Å². The number of amides is 1. The molecular formula is C19H23N7O8S2. The summed E-state index contributed by atoms with van der Waals surface area (Å²) in [5, 5.41) is 13.4. The molecule has 0 aliphatic carbocycles. The third-order valence-corrected chi connectivity index (χ3v) is 6.08. The molecule has 1 aliphatic rings. The average Bonchev–Trinajstić information content (AvgIpc) is 3.23. The van der Waals surface area contributed by atoms with Crippen LogP contribution in [-0.2, 0) is 29.1 Å². The number of hydroxylamine groups is 2. The summed E-state index contributed by atoms with van der Waals surface area (Å²) in [5.41, 5.74) is 10.1. The van der Waals surface area contributed by atoms with Crippen LogP contribution in [0.5, 0.6) is 5.75 Å². The molecule has 0 saturated carbocycles. The number of thiazole rings is 1. The Morgan fingerprint density at radius 2 is 2.06 bits per heavy atom. The maximum Gasteiger partial charge on any atom is 0.418 e. The molecule has 36 heavy (non-hydrogen) atoms. The first-order chi connectivity index (χ1) is 16.8. The van der Waals surface area contributed by atoms with Crippen LogP contribution in [0.3, 0.4) is 0 Å². The van der Waals surface area contributed by atoms with Crippen molar-refractivity contribution in [2.24, 2.45) is 16.8 Å². The number of hydrogen-bond acceptors (Lipinski definition) is 13. The van der Waals surface area contributed by atoms with Gasteiger partial charge in [0.15, 0.2) is 23.2 Å². The van der Waals surface area contributed by atoms with Crippen molar-refractivity contribution < 1.29 is 36.4 Å². The van der Waals surface area contributed by atoms with Crippen molar-refractivity contribution >= 4 is 50.1 Å². The quantitative estimate of drug-likeness (QED) is 0.0701. The van der Waals surface area contributed by atoms with Crippen molar-refractivity contribution in [3.63, 3.8) is 0 Å². The van der Waals surface area contributed by atoms with Gasteiger partial charge in [-0.25, -0.2) is 9.97 Å². The summed E-state index contributed by atoms with van der Waals surface area (Å²) in [4.78, 5) is 38.6. The first-order valence-electron chi connectivity index (χ1n) is 10.2. The van der Waals surface area contributed by atoms with Gasteiger partial charge in [-0.1, -0.05) is 5.16 Å². The molecule has 17 heteroatoms. The molecule has 1 aliphatic heterocycles. The van der Waals surface area contributed by atoms with E-state index in [1.165, 1.54) is 31.5 Å². The number of anilines is 1. The molecule has 15 nitrogen and oxygen atoms in total. The Hall–Kier alpha value is -3.67. The van der Waals surface area contributed by atoms with Crippen molar-refractivity contribution in [3.8, 4) is 5.75 Å². The Balaban J connectivity index is 1.64. The second-order valence-corrected chi connectivity index (χ2v) is 9.85. The lowest BCUT2D eigenvalue weighted by atomic mass is 9.74. The molecule has 0 radical (unpaired) electrons. The van der Waals surface area contributed by atoms with E-state index in [1.807, 2.05) is 0 Å². The van der Waals surface area contributed by atoms with Crippen molar-refractivity contribution in [2.75, 3.05) is 18.9 Å². The number of pyridine rings is 1. The highest BCUT2D eigenvalue weighted by molar-refractivity contribution is 7.80. The van der Waals surface area contributed by atoms with E-state index >= 15 is 0 Å². The summed E-state index contributed by atoms with van der Waals surface area (Å²) >= 11 is 1.07. The molecule has 6 N–H and O–H groups in total. The number of ketones is 1. The van der Waals surface area contributed by atoms with Gasteiger partial charge in [-0.3, -0.25) is 19.6 Å². The van der Waals surface area contributed by atoms with E-state index in [1.54, 1.807) is 6.07 Å². The zero-order valence-corrected chi connectivity index (χ0v) is 20.7. The zero-order valence-electron chi connectivity index (χ0n) is 19.1. The second kappa shape index (κ2) is 10.5. The molecule has 2 aromatic rings. The first-order valence-corrected chi connectivity index (χ1v) is 12.4. The van der Waals surface area contributed by atoms with E-state index in [0.717, 1.165) is 11.3 Å². The van der Waals surface area contributed by atoms with Gasteiger partial charge in [-0.15, -0.1) is 15.6 Å². The van der Waals surface area contributed by atoms with E-state index in [-0.39, 0.29) is 42.0 Å². The van der Waals surface area contributed by atoms with E-state index in [9.17, 15) is 18.0 Å². The minimum Gasteiger partial charge on any atom is -0.488 e. The van der Waals surface area contributed by atoms with Crippen LogP contribution < -0.4 is 16.2 Å². The van der Waals surface area contributed by atoms with E-state index in [2.05, 4.69) is 19.4 Å². The maximum atomic E-state index is 13.0. The largest absolute Gasteiger partial charge is 0.488 e. The number of carbonyl (C=O) groups is 2. The molecule has 194 valence electrons. The molecule has 1 amide bonds. The molecule has 1 atom stereocenters. The number of nitrogens with zero attached hydrogens (tertiary/aromatic N) is 4. The number of nitrogen functional groups attached to an aromatic ring is 2. The average molecular weight is 542 g/mol. The molecule has 1 saturated heterocycles. The van der Waals surface area contributed by atoms with Gasteiger partial charge in [0.1, 0.15) is 29.6 Å². The Bertz CT molecular complexity index is 1290. The van der Waals surface area contributed by atoms with E-state index < -0.39 is 33.5 Å². The summed E-state index contributed by atoms with van der Waals surface area (Å²) in [5.74, 6) is -2.14. The molecule has 3 rings (SSSR count). The SMILES string of the molecule is CC1(C)C(CC(=O)/C(=N\OCCOc2ccc(C(=N)N)nc2)c2csc(N)n2)C(=O)N1OS(=O)(=O)O. The number of Topliss-reactive ketones (excluding diaryl/α,β-unsaturated/α-hetero) is 1. The molecular weight excluding hydrogens is 518 g/mol. The van der Waals surface area contributed by atoms with E-state index in [0.29, 0.717) is 16.5 Å². The highest BCUT2D eigenvalue weighted by Crippen LogP contribution is 2.40. The molecule has 3 heterocycles. The first kappa shape index (κ1) is 26.9. The Kier molecular flexibility index (Phi) is 7.87. The summed E-state index contributed by atoms with van der Waals surface area (Å²) in [6.07, 6.45) is 1.03. The topological polar surface area (TPSA) is 233 Å². The van der Waals surface area contributed by atoms with Crippen LogP contribution in [-0.4, -0.2) is 70.0 Å². The maximum absolute atomic E-state index is 13.0. The van der Waals surface area contributed by atoms with Gasteiger partial charge >= 0.3 is 10.4 Å². The number of ether oxygens (including phenoxy) is 1. The fraction of sp³-hybridized carbons (Fsp3) is 0.368. The Morgan fingerprint density at radius 1 is 1.33 bits per heavy atom. The van der Waals surface area contributed by atoms with Crippen molar-refractivity contribution in [1.82, 2.24) is 15.0 Å². The van der Waals surface area contributed by atoms with Crippen molar-refractivity contribution in [2.45, 2.75) is 25.8 Å². The van der Waals surface area contributed by atoms with Gasteiger partial charge in [0.2, 0.25) is 0 Å². The van der Waals surface area contributed by atoms with Crippen LogP contribution in [0.2, 0.25) is 0 Å². The van der Waals surface area contributed by atoms with E-state index in [4.69, 9.17) is 31.0 Å². The van der Waals surface area contributed by atoms with Crippen molar-refractivity contribution in [1.29, 1.82) is 5.41 Å². The normalized spacial score (nSPS) is 17.4. The van der Waals surface area contributed by atoms with Crippen LogP contribution in [0.25, 0.3) is 0 Å². The van der Waals surface area contributed by atoms with Gasteiger partial charge in [0.25, 0.3) is 5.91 Å². The number of amidine groups is 1. The van der Waals surface area contributed by atoms with Crippen LogP contribution in [0.15, 0.2) is 28.9 Å². The highest BCUT2D eigenvalue weighted by Gasteiger charge is 2.57. The highest BCUT2D eigenvalue weighted by atomic mass is 32.3. The summed E-state index contributed by atoms with van der Waals surface area (Å²) in [7, 11) is -4.92. The lowest BCUT2D eigenvalue weighted by Crippen LogP contribution is -2.68. The lowest BCUT2D eigenvalue weighted by Gasteiger charge is -2.50. The number of rotatable bonds is 12. The molecule has 1 fully saturated rings. The lowest BCUT2D eigenvalue weighted by molar-refractivity contribution is -0.228. The third-order valence-electron chi connectivity index (χ3n) is 5.07. The summed E-state index contributed by atoms with van der Waals surface area (Å²) in [6.45, 7) is 2.93. The number of nitrogens with two attached hydrogens (primary N) is 2. The Labute approximate surface area is 209 Å². The standard InChI is InChI=1S/C19H23N7O8S2/c1-19(2)11(17(28)26(19)34-36(29,30)31)7-14(27)15(13-9-35-18(22)24-13)25-33-6-5-32-10-3-4-12(16(20)21)23-8-10/h3-4,8-9,11H,5-7H2,1-2H3,(H3,20,21)(H2,22,24)(H,29,30,31)/b25-15-. The predicted octanol–water partition coefficient (Wildman–Crippen LogP) is 0.135. The summed E-state index contributed by atoms with van der Waals surface area (Å²) in [6, 6.07) is 3.10. The second-order valence-electron chi connectivity index (χ2n) is 7.95. The van der Waals surface area contributed by atoms with Crippen LogP contribution >= 0.6 is 11.3 Å². The monoisotopic (exact) mass is 541 g/mol. The molecule has 2 aromatic heterocycles. The molecule has 0 spiro atoms. The van der Waals surface area contributed by atoms with Gasteiger partial charge in [0, 0.05) is 11.8 Å². The van der Waals surface area contributed by atoms with Crippen molar-refractivity contribution in [3.05, 3.63) is 35.1 Å². The summed E-state index contributed by atoms with van der Waals surface area (Å²) < 4.78 is 40.6. The van der Waals surface area contributed by atoms with Gasteiger partial charge in [-0.05, 0) is 26.0 Å². The molecule has 1 unspecified atom stereocenters. The van der Waals surface area contributed by atoms with Crippen LogP contribution in [0, 0.1) is 11.3 Å². The third kappa shape index (κ3) is 6.30. The van der Waals surface area contributed by atoms with Crippen LogP contribution in [0.4, 0.5) is 5.13 Å². The fourth-order valence-electron chi connectivity index (χ4n) is 3.22. The number of nitrogens with one attached hydrogen (secondary N) is 1. The minimum absolute atomic E-state index is 0.0430. The van der Waals surface area contributed by atoms with Gasteiger partial charge in [0.05, 0.1) is 17.7 Å². The number of hydrogen-bond donors (Lipinski definition) is 4. The predicted molar refractivity (Wildman–Crippen MR) is 126 cm³/mol. The zero-order chi connectivity index (χ0) is 26.7. The molecule has 0 bridgehead atoms. The number of aromatic nitrogens is 2. The Morgan fingerprint density at radius 3 is 2.58 bits per heavy atom.